The Labute approximate surface area is 95.4 Å². The SMILES string of the molecule is Cc1noc(C)c1CNC(=O)C(N)C(C)C. The summed E-state index contributed by atoms with van der Waals surface area (Å²) >= 11 is 0. The van der Waals surface area contributed by atoms with Crippen molar-refractivity contribution in [3.8, 4) is 0 Å². The number of carbonyl (C=O) groups is 1. The first-order chi connectivity index (χ1) is 7.43. The standard InChI is InChI=1S/C11H19N3O2/c1-6(2)10(12)11(15)13-5-9-7(3)14-16-8(9)4/h6,10H,5,12H2,1-4H3,(H,13,15). The van der Waals surface area contributed by atoms with E-state index in [1.807, 2.05) is 27.7 Å². The van der Waals surface area contributed by atoms with Crippen LogP contribution in [0.1, 0.15) is 30.9 Å². The molecular weight excluding hydrogens is 206 g/mol. The summed E-state index contributed by atoms with van der Waals surface area (Å²) < 4.78 is 5.00. The van der Waals surface area contributed by atoms with Crippen molar-refractivity contribution in [1.29, 1.82) is 0 Å². The van der Waals surface area contributed by atoms with Crippen LogP contribution in [0.25, 0.3) is 0 Å². The van der Waals surface area contributed by atoms with Crippen molar-refractivity contribution in [3.05, 3.63) is 17.0 Å². The Morgan fingerprint density at radius 3 is 2.56 bits per heavy atom. The summed E-state index contributed by atoms with van der Waals surface area (Å²) in [6, 6.07) is -0.472. The number of carbonyl (C=O) groups excluding carboxylic acids is 1. The molecule has 0 aliphatic carbocycles. The second-order valence-corrected chi connectivity index (χ2v) is 4.29. The van der Waals surface area contributed by atoms with Gasteiger partial charge in [0.25, 0.3) is 0 Å². The summed E-state index contributed by atoms with van der Waals surface area (Å²) in [7, 11) is 0. The highest BCUT2D eigenvalue weighted by Crippen LogP contribution is 2.11. The maximum atomic E-state index is 11.6. The summed E-state index contributed by atoms with van der Waals surface area (Å²) in [5.74, 6) is 0.718. The largest absolute Gasteiger partial charge is 0.361 e. The van der Waals surface area contributed by atoms with Gasteiger partial charge in [0.05, 0.1) is 11.7 Å². The van der Waals surface area contributed by atoms with Crippen molar-refractivity contribution >= 4 is 5.91 Å². The normalized spacial score (nSPS) is 12.9. The van der Waals surface area contributed by atoms with Gasteiger partial charge in [-0.2, -0.15) is 0 Å². The number of aromatic nitrogens is 1. The third-order valence-electron chi connectivity index (χ3n) is 2.64. The Bertz CT molecular complexity index is 352. The molecule has 5 heteroatoms. The van der Waals surface area contributed by atoms with E-state index in [1.165, 1.54) is 0 Å². The lowest BCUT2D eigenvalue weighted by atomic mass is 10.0. The molecule has 0 bridgehead atoms. The van der Waals surface area contributed by atoms with Crippen molar-refractivity contribution in [2.45, 2.75) is 40.3 Å². The zero-order chi connectivity index (χ0) is 12.3. The first-order valence-electron chi connectivity index (χ1n) is 5.38. The molecule has 0 aromatic carbocycles. The summed E-state index contributed by atoms with van der Waals surface area (Å²) in [6.45, 7) is 7.92. The summed E-state index contributed by atoms with van der Waals surface area (Å²) in [5.41, 5.74) is 7.45. The van der Waals surface area contributed by atoms with Crippen molar-refractivity contribution in [1.82, 2.24) is 10.5 Å². The summed E-state index contributed by atoms with van der Waals surface area (Å²) in [4.78, 5) is 11.6. The minimum absolute atomic E-state index is 0.129. The molecule has 1 rings (SSSR count). The van der Waals surface area contributed by atoms with Crippen LogP contribution in [-0.4, -0.2) is 17.1 Å². The summed E-state index contributed by atoms with van der Waals surface area (Å²) in [6.07, 6.45) is 0. The fourth-order valence-electron chi connectivity index (χ4n) is 1.35. The van der Waals surface area contributed by atoms with Gasteiger partial charge in [-0.25, -0.2) is 0 Å². The van der Waals surface area contributed by atoms with E-state index in [-0.39, 0.29) is 11.8 Å². The van der Waals surface area contributed by atoms with Crippen molar-refractivity contribution in [3.63, 3.8) is 0 Å². The number of hydrogen-bond acceptors (Lipinski definition) is 4. The molecule has 0 aliphatic heterocycles. The van der Waals surface area contributed by atoms with Gasteiger partial charge >= 0.3 is 0 Å². The molecule has 5 nitrogen and oxygen atoms in total. The summed E-state index contributed by atoms with van der Waals surface area (Å²) in [5, 5.41) is 6.60. The Morgan fingerprint density at radius 2 is 2.12 bits per heavy atom. The number of amides is 1. The van der Waals surface area contributed by atoms with E-state index in [0.29, 0.717) is 6.54 Å². The second kappa shape index (κ2) is 5.12. The molecule has 1 amide bonds. The molecule has 1 aromatic heterocycles. The fourth-order valence-corrected chi connectivity index (χ4v) is 1.35. The minimum Gasteiger partial charge on any atom is -0.361 e. The molecule has 0 fully saturated rings. The first kappa shape index (κ1) is 12.7. The predicted molar refractivity (Wildman–Crippen MR) is 60.6 cm³/mol. The molecule has 1 unspecified atom stereocenters. The average molecular weight is 225 g/mol. The van der Waals surface area contributed by atoms with Crippen LogP contribution in [0.2, 0.25) is 0 Å². The Hall–Kier alpha value is -1.36. The third-order valence-corrected chi connectivity index (χ3v) is 2.64. The van der Waals surface area contributed by atoms with Crippen LogP contribution in [0.15, 0.2) is 4.52 Å². The molecule has 90 valence electrons. The number of hydrogen-bond donors (Lipinski definition) is 2. The van der Waals surface area contributed by atoms with Crippen LogP contribution in [-0.2, 0) is 11.3 Å². The van der Waals surface area contributed by atoms with Gasteiger partial charge in [-0.1, -0.05) is 19.0 Å². The number of aryl methyl sites for hydroxylation is 2. The molecule has 0 saturated carbocycles. The van der Waals surface area contributed by atoms with E-state index >= 15 is 0 Å². The average Bonchev–Trinajstić information content (AvgIpc) is 2.54. The molecule has 1 atom stereocenters. The molecule has 0 saturated heterocycles. The highest BCUT2D eigenvalue weighted by Gasteiger charge is 2.18. The van der Waals surface area contributed by atoms with Crippen LogP contribution in [0.4, 0.5) is 0 Å². The number of nitrogens with two attached hydrogens (primary N) is 1. The van der Waals surface area contributed by atoms with Crippen LogP contribution >= 0.6 is 0 Å². The predicted octanol–water partition coefficient (Wildman–Crippen LogP) is 0.891. The second-order valence-electron chi connectivity index (χ2n) is 4.29. The maximum absolute atomic E-state index is 11.6. The third kappa shape index (κ3) is 2.82. The van der Waals surface area contributed by atoms with Crippen molar-refractivity contribution < 1.29 is 9.32 Å². The lowest BCUT2D eigenvalue weighted by Gasteiger charge is -2.15. The quantitative estimate of drug-likeness (QED) is 0.797. The minimum atomic E-state index is -0.472. The van der Waals surface area contributed by atoms with Gasteiger partial charge in [0.2, 0.25) is 5.91 Å². The van der Waals surface area contributed by atoms with E-state index in [9.17, 15) is 4.79 Å². The molecule has 1 heterocycles. The zero-order valence-corrected chi connectivity index (χ0v) is 10.2. The van der Waals surface area contributed by atoms with Crippen LogP contribution in [0, 0.1) is 19.8 Å². The molecule has 3 N–H and O–H groups in total. The molecule has 0 radical (unpaired) electrons. The van der Waals surface area contributed by atoms with E-state index < -0.39 is 6.04 Å². The van der Waals surface area contributed by atoms with E-state index in [2.05, 4.69) is 10.5 Å². The van der Waals surface area contributed by atoms with Gasteiger partial charge in [-0.05, 0) is 19.8 Å². The van der Waals surface area contributed by atoms with Gasteiger partial charge < -0.3 is 15.6 Å². The first-order valence-corrected chi connectivity index (χ1v) is 5.38. The van der Waals surface area contributed by atoms with Gasteiger partial charge in [0.1, 0.15) is 5.76 Å². The Kier molecular flexibility index (Phi) is 4.06. The van der Waals surface area contributed by atoms with Gasteiger partial charge in [-0.15, -0.1) is 0 Å². The lowest BCUT2D eigenvalue weighted by molar-refractivity contribution is -0.123. The van der Waals surface area contributed by atoms with E-state index in [0.717, 1.165) is 17.0 Å². The number of rotatable bonds is 4. The highest BCUT2D eigenvalue weighted by atomic mass is 16.5. The Morgan fingerprint density at radius 1 is 1.50 bits per heavy atom. The maximum Gasteiger partial charge on any atom is 0.237 e. The number of nitrogens with one attached hydrogen (secondary N) is 1. The van der Waals surface area contributed by atoms with E-state index in [1.54, 1.807) is 0 Å². The molecule has 16 heavy (non-hydrogen) atoms. The van der Waals surface area contributed by atoms with E-state index in [4.69, 9.17) is 10.3 Å². The number of nitrogens with zero attached hydrogens (tertiary/aromatic N) is 1. The lowest BCUT2D eigenvalue weighted by Crippen LogP contribution is -2.43. The van der Waals surface area contributed by atoms with Crippen molar-refractivity contribution in [2.24, 2.45) is 11.7 Å². The smallest absolute Gasteiger partial charge is 0.237 e. The van der Waals surface area contributed by atoms with Gasteiger partial charge in [-0.3, -0.25) is 4.79 Å². The molecular formula is C11H19N3O2. The highest BCUT2D eigenvalue weighted by molar-refractivity contribution is 5.81. The van der Waals surface area contributed by atoms with Crippen molar-refractivity contribution in [2.75, 3.05) is 0 Å². The van der Waals surface area contributed by atoms with Crippen LogP contribution in [0.5, 0.6) is 0 Å². The zero-order valence-electron chi connectivity index (χ0n) is 10.2. The Balaban J connectivity index is 2.55. The molecule has 0 aliphatic rings. The fraction of sp³-hybridized carbons (Fsp3) is 0.636. The topological polar surface area (TPSA) is 81.2 Å². The van der Waals surface area contributed by atoms with Gasteiger partial charge in [0.15, 0.2) is 0 Å². The van der Waals surface area contributed by atoms with Crippen LogP contribution < -0.4 is 11.1 Å². The monoisotopic (exact) mass is 225 g/mol. The molecule has 1 aromatic rings. The van der Waals surface area contributed by atoms with Crippen LogP contribution in [0.3, 0.4) is 0 Å². The van der Waals surface area contributed by atoms with Gasteiger partial charge in [0, 0.05) is 12.1 Å². The molecule has 0 spiro atoms.